The maximum atomic E-state index is 13.8. The zero-order valence-corrected chi connectivity index (χ0v) is 21.1. The number of aliphatic hydroxyl groups excluding tert-OH is 1. The van der Waals surface area contributed by atoms with Crippen molar-refractivity contribution in [1.82, 2.24) is 9.88 Å². The molecule has 1 unspecified atom stereocenters. The molecule has 4 rings (SSSR count). The summed E-state index contributed by atoms with van der Waals surface area (Å²) in [5.41, 5.74) is 1.92. The molecule has 198 valence electrons. The molecule has 0 amide bonds. The van der Waals surface area contributed by atoms with Gasteiger partial charge in [0.2, 0.25) is 0 Å². The van der Waals surface area contributed by atoms with Crippen LogP contribution in [0.1, 0.15) is 49.3 Å². The van der Waals surface area contributed by atoms with E-state index in [-0.39, 0.29) is 5.92 Å². The summed E-state index contributed by atoms with van der Waals surface area (Å²) in [7, 11) is 1.59. The minimum atomic E-state index is -0.828. The number of hydrogen-bond donors (Lipinski definition) is 2. The molecule has 0 bridgehead atoms. The van der Waals surface area contributed by atoms with Crippen molar-refractivity contribution in [1.29, 1.82) is 0 Å². The standard InChI is InChI=1S/C29H34F2N2O4/c1-37-21-9-10-26-23(17-21)22(12-14-32-26)27(34)11-8-19-13-16-33(18-24(19)29(35)36)15-3-2-5-20-6-4-7-25(30)28(20)31/h4,6-7,9-10,12,14,17,19,24,27,34H,2-3,5,8,11,13,15-16,18H2,1H3,(H,35,36)/t19-,24+,27?/m1/s1. The van der Waals surface area contributed by atoms with Gasteiger partial charge in [-0.25, -0.2) is 8.78 Å². The quantitative estimate of drug-likeness (QED) is 0.336. The molecule has 1 aliphatic heterocycles. The average Bonchev–Trinajstić information content (AvgIpc) is 2.91. The van der Waals surface area contributed by atoms with E-state index in [9.17, 15) is 23.8 Å². The first-order chi connectivity index (χ1) is 17.9. The lowest BCUT2D eigenvalue weighted by Crippen LogP contribution is -2.44. The largest absolute Gasteiger partial charge is 0.497 e. The zero-order valence-electron chi connectivity index (χ0n) is 21.1. The van der Waals surface area contributed by atoms with Gasteiger partial charge in [0.1, 0.15) is 5.75 Å². The number of aliphatic hydroxyl groups is 1. The number of likely N-dealkylation sites (tertiary alicyclic amines) is 1. The van der Waals surface area contributed by atoms with Crippen molar-refractivity contribution in [2.45, 2.75) is 44.6 Å². The van der Waals surface area contributed by atoms with Crippen LogP contribution in [0.15, 0.2) is 48.7 Å². The lowest BCUT2D eigenvalue weighted by Gasteiger charge is -2.37. The second-order valence-electron chi connectivity index (χ2n) is 9.84. The van der Waals surface area contributed by atoms with E-state index in [4.69, 9.17) is 4.74 Å². The summed E-state index contributed by atoms with van der Waals surface area (Å²) in [6, 6.07) is 11.6. The molecule has 0 spiro atoms. The number of pyridine rings is 1. The summed E-state index contributed by atoms with van der Waals surface area (Å²) in [6.07, 6.45) is 4.70. The normalized spacial score (nSPS) is 19.1. The number of benzene rings is 2. The van der Waals surface area contributed by atoms with E-state index in [2.05, 4.69) is 9.88 Å². The molecule has 8 heteroatoms. The van der Waals surface area contributed by atoms with Gasteiger partial charge in [0.05, 0.1) is 24.6 Å². The van der Waals surface area contributed by atoms with E-state index in [1.54, 1.807) is 25.4 Å². The lowest BCUT2D eigenvalue weighted by molar-refractivity contribution is -0.146. The summed E-state index contributed by atoms with van der Waals surface area (Å²) < 4.78 is 32.5. The summed E-state index contributed by atoms with van der Waals surface area (Å²) >= 11 is 0. The third-order valence-corrected chi connectivity index (χ3v) is 7.51. The number of ether oxygens (including phenoxy) is 1. The number of methoxy groups -OCH3 is 1. The Labute approximate surface area is 215 Å². The first-order valence-electron chi connectivity index (χ1n) is 12.9. The molecule has 2 heterocycles. The fourth-order valence-corrected chi connectivity index (χ4v) is 5.38. The third kappa shape index (κ3) is 6.62. The van der Waals surface area contributed by atoms with Gasteiger partial charge in [-0.15, -0.1) is 0 Å². The lowest BCUT2D eigenvalue weighted by atomic mass is 9.81. The van der Waals surface area contributed by atoms with Crippen molar-refractivity contribution in [2.24, 2.45) is 11.8 Å². The Bertz CT molecular complexity index is 1220. The number of aliphatic carboxylic acids is 1. The first kappa shape index (κ1) is 26.9. The Balaban J connectivity index is 1.30. The first-order valence-corrected chi connectivity index (χ1v) is 12.9. The van der Waals surface area contributed by atoms with E-state index < -0.39 is 29.6 Å². The second kappa shape index (κ2) is 12.4. The zero-order chi connectivity index (χ0) is 26.4. The molecule has 0 saturated carbocycles. The molecular weight excluding hydrogens is 478 g/mol. The molecule has 6 nitrogen and oxygen atoms in total. The van der Waals surface area contributed by atoms with Gasteiger partial charge < -0.3 is 19.8 Å². The van der Waals surface area contributed by atoms with Crippen LogP contribution in [0.25, 0.3) is 10.9 Å². The van der Waals surface area contributed by atoms with Gasteiger partial charge in [0, 0.05) is 18.1 Å². The molecular formula is C29H34F2N2O4. The van der Waals surface area contributed by atoms with E-state index in [0.29, 0.717) is 43.5 Å². The van der Waals surface area contributed by atoms with Crippen molar-refractivity contribution < 1.29 is 28.5 Å². The summed E-state index contributed by atoms with van der Waals surface area (Å²) in [6.45, 7) is 1.97. The van der Waals surface area contributed by atoms with Crippen LogP contribution in [0, 0.1) is 23.5 Å². The van der Waals surface area contributed by atoms with E-state index in [1.807, 2.05) is 18.2 Å². The maximum absolute atomic E-state index is 13.8. The number of halogens is 2. The van der Waals surface area contributed by atoms with E-state index in [0.717, 1.165) is 48.5 Å². The number of aromatic nitrogens is 1. The molecule has 1 aromatic heterocycles. The molecule has 1 saturated heterocycles. The number of aryl methyl sites for hydroxylation is 1. The van der Waals surface area contributed by atoms with E-state index in [1.165, 1.54) is 6.07 Å². The Morgan fingerprint density at radius 1 is 1.22 bits per heavy atom. The van der Waals surface area contributed by atoms with Crippen LogP contribution in [-0.2, 0) is 11.2 Å². The number of carbonyl (C=O) groups is 1. The van der Waals surface area contributed by atoms with E-state index >= 15 is 0 Å². The number of carboxylic acids is 1. The molecule has 3 aromatic rings. The predicted octanol–water partition coefficient (Wildman–Crippen LogP) is 5.38. The van der Waals surface area contributed by atoms with Gasteiger partial charge in [0.15, 0.2) is 11.6 Å². The highest BCUT2D eigenvalue weighted by molar-refractivity contribution is 5.83. The highest BCUT2D eigenvalue weighted by Gasteiger charge is 2.34. The molecule has 1 aliphatic rings. The Morgan fingerprint density at radius 2 is 2.05 bits per heavy atom. The predicted molar refractivity (Wildman–Crippen MR) is 137 cm³/mol. The minimum absolute atomic E-state index is 0.0209. The van der Waals surface area contributed by atoms with Gasteiger partial charge in [-0.1, -0.05) is 12.1 Å². The van der Waals surface area contributed by atoms with Crippen LogP contribution in [0.3, 0.4) is 0 Å². The van der Waals surface area contributed by atoms with Gasteiger partial charge in [-0.3, -0.25) is 9.78 Å². The summed E-state index contributed by atoms with van der Waals surface area (Å²) in [4.78, 5) is 18.6. The van der Waals surface area contributed by atoms with Crippen LogP contribution in [-0.4, -0.2) is 52.8 Å². The number of hydrogen-bond acceptors (Lipinski definition) is 5. The highest BCUT2D eigenvalue weighted by atomic mass is 19.2. The minimum Gasteiger partial charge on any atom is -0.497 e. The molecule has 2 N–H and O–H groups in total. The van der Waals surface area contributed by atoms with Crippen molar-refractivity contribution >= 4 is 16.9 Å². The number of piperidine rings is 1. The third-order valence-electron chi connectivity index (χ3n) is 7.51. The van der Waals surface area contributed by atoms with Crippen molar-refractivity contribution in [3.8, 4) is 5.75 Å². The topological polar surface area (TPSA) is 82.9 Å². The number of nitrogens with zero attached hydrogens (tertiary/aromatic N) is 2. The van der Waals surface area contributed by atoms with Crippen molar-refractivity contribution in [3.63, 3.8) is 0 Å². The van der Waals surface area contributed by atoms with Crippen LogP contribution >= 0.6 is 0 Å². The second-order valence-corrected chi connectivity index (χ2v) is 9.84. The maximum Gasteiger partial charge on any atom is 0.308 e. The molecule has 2 aromatic carbocycles. The summed E-state index contributed by atoms with van der Waals surface area (Å²) in [5.74, 6) is -2.26. The van der Waals surface area contributed by atoms with Gasteiger partial charge >= 0.3 is 5.97 Å². The molecule has 3 atom stereocenters. The number of carboxylic acid groups (broad SMARTS) is 1. The van der Waals surface area contributed by atoms with Crippen molar-refractivity contribution in [3.05, 3.63) is 71.4 Å². The van der Waals surface area contributed by atoms with Gasteiger partial charge in [0.25, 0.3) is 0 Å². The highest BCUT2D eigenvalue weighted by Crippen LogP contribution is 2.34. The Kier molecular flexibility index (Phi) is 9.05. The number of fused-ring (bicyclic) bond motifs is 1. The summed E-state index contributed by atoms with van der Waals surface area (Å²) in [5, 5.41) is 21.7. The van der Waals surface area contributed by atoms with Crippen LogP contribution in [0.5, 0.6) is 5.75 Å². The number of unbranched alkanes of at least 4 members (excludes halogenated alkanes) is 1. The fourth-order valence-electron chi connectivity index (χ4n) is 5.38. The van der Waals surface area contributed by atoms with Crippen LogP contribution < -0.4 is 4.74 Å². The Hall–Kier alpha value is -3.10. The van der Waals surface area contributed by atoms with Gasteiger partial charge in [-0.2, -0.15) is 0 Å². The molecule has 0 aliphatic carbocycles. The smallest absolute Gasteiger partial charge is 0.308 e. The van der Waals surface area contributed by atoms with Crippen LogP contribution in [0.2, 0.25) is 0 Å². The molecule has 1 fully saturated rings. The van der Waals surface area contributed by atoms with Crippen LogP contribution in [0.4, 0.5) is 8.78 Å². The van der Waals surface area contributed by atoms with Gasteiger partial charge in [-0.05, 0) is 99.0 Å². The average molecular weight is 513 g/mol. The Morgan fingerprint density at radius 3 is 2.84 bits per heavy atom. The SMILES string of the molecule is COc1ccc2nccc(C(O)CC[C@@H]3CCN(CCCCc4cccc(F)c4F)C[C@@H]3C(=O)O)c2c1. The number of rotatable bonds is 11. The molecule has 37 heavy (non-hydrogen) atoms. The fraction of sp³-hybridized carbons (Fsp3) is 0.448. The monoisotopic (exact) mass is 512 g/mol. The van der Waals surface area contributed by atoms with Crippen molar-refractivity contribution in [2.75, 3.05) is 26.7 Å². The molecule has 0 radical (unpaired) electrons.